The van der Waals surface area contributed by atoms with Gasteiger partial charge >= 0.3 is 6.18 Å². The zero-order valence-electron chi connectivity index (χ0n) is 8.18. The van der Waals surface area contributed by atoms with Crippen LogP contribution in [0.1, 0.15) is 32.1 Å². The fourth-order valence-electron chi connectivity index (χ4n) is 2.05. The molecule has 1 saturated carbocycles. The van der Waals surface area contributed by atoms with Gasteiger partial charge in [-0.1, -0.05) is 19.3 Å². The van der Waals surface area contributed by atoms with Crippen molar-refractivity contribution in [1.29, 1.82) is 0 Å². The molecule has 0 aliphatic heterocycles. The van der Waals surface area contributed by atoms with Crippen molar-refractivity contribution in [3.05, 3.63) is 12.3 Å². The number of hydrogen-bond donors (Lipinski definition) is 1. The summed E-state index contributed by atoms with van der Waals surface area (Å²) in [6.07, 6.45) is -2.32. The van der Waals surface area contributed by atoms with Crippen molar-refractivity contribution in [3.63, 3.8) is 0 Å². The van der Waals surface area contributed by atoms with Crippen molar-refractivity contribution < 1.29 is 23.1 Å². The average Bonchev–Trinajstić information content (AvgIpc) is 2.17. The maximum absolute atomic E-state index is 12.8. The Balaban J connectivity index is 3.00. The maximum Gasteiger partial charge on any atom is 0.401 e. The van der Waals surface area contributed by atoms with E-state index < -0.39 is 17.4 Å². The number of alkyl halides is 3. The lowest BCUT2D eigenvalue weighted by Crippen LogP contribution is -2.45. The molecule has 0 atom stereocenters. The number of ketones is 1. The highest BCUT2D eigenvalue weighted by atomic mass is 19.4. The first-order valence-corrected chi connectivity index (χ1v) is 4.86. The van der Waals surface area contributed by atoms with Gasteiger partial charge < -0.3 is 5.11 Å². The van der Waals surface area contributed by atoms with Crippen molar-refractivity contribution in [2.45, 2.75) is 38.3 Å². The third kappa shape index (κ3) is 2.16. The minimum Gasteiger partial charge on any atom is -0.515 e. The van der Waals surface area contributed by atoms with Crippen molar-refractivity contribution in [3.8, 4) is 0 Å². The van der Waals surface area contributed by atoms with E-state index in [9.17, 15) is 18.0 Å². The molecule has 1 fully saturated rings. The molecule has 0 saturated heterocycles. The van der Waals surface area contributed by atoms with Crippen LogP contribution in [0.2, 0.25) is 0 Å². The van der Waals surface area contributed by atoms with Crippen LogP contribution in [0.5, 0.6) is 0 Å². The Bertz CT molecular complexity index is 262. The number of hydrogen-bond acceptors (Lipinski definition) is 2. The molecule has 1 aliphatic carbocycles. The van der Waals surface area contributed by atoms with E-state index in [4.69, 9.17) is 5.11 Å². The van der Waals surface area contributed by atoms with Crippen LogP contribution in [0.25, 0.3) is 0 Å². The molecule has 0 aromatic carbocycles. The molecule has 1 rings (SSSR count). The molecule has 0 radical (unpaired) electrons. The number of allylic oxidation sites excluding steroid dienone is 1. The zero-order valence-corrected chi connectivity index (χ0v) is 8.18. The molecule has 0 amide bonds. The van der Waals surface area contributed by atoms with E-state index in [0.717, 1.165) is 6.42 Å². The Morgan fingerprint density at radius 2 is 1.73 bits per heavy atom. The van der Waals surface area contributed by atoms with Crippen LogP contribution in [0, 0.1) is 5.41 Å². The summed E-state index contributed by atoms with van der Waals surface area (Å²) in [5.41, 5.74) is -2.26. The Hall–Kier alpha value is -1.00. The van der Waals surface area contributed by atoms with Gasteiger partial charge in [0.25, 0.3) is 0 Å². The van der Waals surface area contributed by atoms with Gasteiger partial charge in [-0.2, -0.15) is 13.2 Å². The van der Waals surface area contributed by atoms with Gasteiger partial charge in [0.1, 0.15) is 5.41 Å². The summed E-state index contributed by atoms with van der Waals surface area (Å²) in [5, 5.41) is 8.38. The van der Waals surface area contributed by atoms with Crippen molar-refractivity contribution >= 4 is 5.78 Å². The second kappa shape index (κ2) is 4.24. The standard InChI is InChI=1S/C10H13F3O2/c11-10(12,13)9(8(15)4-7-14)5-2-1-3-6-9/h4,7,14H,1-3,5-6H2. The van der Waals surface area contributed by atoms with Crippen LogP contribution < -0.4 is 0 Å². The number of rotatable bonds is 2. The number of aliphatic hydroxyl groups is 1. The van der Waals surface area contributed by atoms with Crippen LogP contribution >= 0.6 is 0 Å². The molecule has 5 heteroatoms. The minimum atomic E-state index is -4.52. The fraction of sp³-hybridized carbons (Fsp3) is 0.700. The molecule has 0 aromatic heterocycles. The number of carbonyl (C=O) groups excluding carboxylic acids is 1. The molecule has 1 aliphatic rings. The fourth-order valence-corrected chi connectivity index (χ4v) is 2.05. The first-order chi connectivity index (χ1) is 6.94. The van der Waals surface area contributed by atoms with E-state index in [1.807, 2.05) is 0 Å². The highest BCUT2D eigenvalue weighted by Crippen LogP contribution is 2.49. The summed E-state index contributed by atoms with van der Waals surface area (Å²) in [5.74, 6) is -1.03. The second-order valence-electron chi connectivity index (χ2n) is 3.82. The van der Waals surface area contributed by atoms with Crippen molar-refractivity contribution in [1.82, 2.24) is 0 Å². The van der Waals surface area contributed by atoms with Crippen LogP contribution in [0.3, 0.4) is 0 Å². The Morgan fingerprint density at radius 1 is 1.20 bits per heavy atom. The van der Waals surface area contributed by atoms with Gasteiger partial charge in [0.2, 0.25) is 0 Å². The van der Waals surface area contributed by atoms with Crippen LogP contribution in [-0.4, -0.2) is 17.1 Å². The Morgan fingerprint density at radius 3 is 2.13 bits per heavy atom. The molecule has 15 heavy (non-hydrogen) atoms. The van der Waals surface area contributed by atoms with E-state index in [1.165, 1.54) is 0 Å². The SMILES string of the molecule is O=C(C=CO)C1(C(F)(F)F)CCCCC1. The van der Waals surface area contributed by atoms with Gasteiger partial charge in [0.15, 0.2) is 5.78 Å². The van der Waals surface area contributed by atoms with E-state index in [2.05, 4.69) is 0 Å². The first kappa shape index (κ1) is 12.1. The smallest absolute Gasteiger partial charge is 0.401 e. The van der Waals surface area contributed by atoms with Gasteiger partial charge in [0.05, 0.1) is 6.26 Å². The molecule has 0 bridgehead atoms. The lowest BCUT2D eigenvalue weighted by atomic mass is 9.70. The number of carbonyl (C=O) groups is 1. The molecule has 86 valence electrons. The highest BCUT2D eigenvalue weighted by Gasteiger charge is 2.58. The molecule has 1 N–H and O–H groups in total. The van der Waals surface area contributed by atoms with E-state index >= 15 is 0 Å². The highest BCUT2D eigenvalue weighted by molar-refractivity contribution is 5.95. The quantitative estimate of drug-likeness (QED) is 0.575. The first-order valence-electron chi connectivity index (χ1n) is 4.86. The monoisotopic (exact) mass is 222 g/mol. The van der Waals surface area contributed by atoms with E-state index in [-0.39, 0.29) is 12.8 Å². The number of halogens is 3. The number of aliphatic hydroxyl groups excluding tert-OH is 1. The van der Waals surface area contributed by atoms with Gasteiger partial charge in [0, 0.05) is 6.08 Å². The summed E-state index contributed by atoms with van der Waals surface area (Å²) < 4.78 is 38.5. The average molecular weight is 222 g/mol. The minimum absolute atomic E-state index is 0.167. The van der Waals surface area contributed by atoms with Crippen LogP contribution in [0.15, 0.2) is 12.3 Å². The van der Waals surface area contributed by atoms with E-state index in [1.54, 1.807) is 0 Å². The summed E-state index contributed by atoms with van der Waals surface area (Å²) >= 11 is 0. The molecular weight excluding hydrogens is 209 g/mol. The van der Waals surface area contributed by atoms with Crippen molar-refractivity contribution in [2.75, 3.05) is 0 Å². The molecule has 0 aromatic rings. The largest absolute Gasteiger partial charge is 0.515 e. The summed E-state index contributed by atoms with van der Waals surface area (Å²) in [7, 11) is 0. The Labute approximate surface area is 85.8 Å². The van der Waals surface area contributed by atoms with Gasteiger partial charge in [-0.3, -0.25) is 4.79 Å². The van der Waals surface area contributed by atoms with Crippen molar-refractivity contribution in [2.24, 2.45) is 5.41 Å². The molecule has 0 heterocycles. The lowest BCUT2D eigenvalue weighted by molar-refractivity contribution is -0.226. The molecule has 0 spiro atoms. The topological polar surface area (TPSA) is 37.3 Å². The molecular formula is C10H13F3O2. The van der Waals surface area contributed by atoms with Gasteiger partial charge in [-0.05, 0) is 12.8 Å². The second-order valence-corrected chi connectivity index (χ2v) is 3.82. The Kier molecular flexibility index (Phi) is 3.42. The van der Waals surface area contributed by atoms with Gasteiger partial charge in [-0.25, -0.2) is 0 Å². The predicted octanol–water partition coefficient (Wildman–Crippen LogP) is 3.14. The molecule has 2 nitrogen and oxygen atoms in total. The summed E-state index contributed by atoms with van der Waals surface area (Å²) in [4.78, 5) is 11.4. The normalized spacial score (nSPS) is 21.8. The van der Waals surface area contributed by atoms with Gasteiger partial charge in [-0.15, -0.1) is 0 Å². The summed E-state index contributed by atoms with van der Waals surface area (Å²) in [6, 6.07) is 0. The van der Waals surface area contributed by atoms with Crippen LogP contribution in [-0.2, 0) is 4.79 Å². The predicted molar refractivity (Wildman–Crippen MR) is 48.3 cm³/mol. The third-order valence-electron chi connectivity index (χ3n) is 2.95. The van der Waals surface area contributed by atoms with Crippen LogP contribution in [0.4, 0.5) is 13.2 Å². The maximum atomic E-state index is 12.8. The molecule has 0 unspecified atom stereocenters. The lowest BCUT2D eigenvalue weighted by Gasteiger charge is -2.36. The van der Waals surface area contributed by atoms with E-state index in [0.29, 0.717) is 25.2 Å². The summed E-state index contributed by atoms with van der Waals surface area (Å²) in [6.45, 7) is 0. The third-order valence-corrected chi connectivity index (χ3v) is 2.95. The zero-order chi connectivity index (χ0) is 11.5.